The van der Waals surface area contributed by atoms with Crippen molar-refractivity contribution >= 4 is 0 Å². The molecule has 1 rings (SSSR count). The summed E-state index contributed by atoms with van der Waals surface area (Å²) in [5.74, 6) is 0.629. The van der Waals surface area contributed by atoms with Gasteiger partial charge in [-0.3, -0.25) is 0 Å². The average molecular weight is 156 g/mol. The molecular weight excluding hydrogens is 136 g/mol. The van der Waals surface area contributed by atoms with Crippen LogP contribution in [0.4, 0.5) is 0 Å². The minimum absolute atomic E-state index is 0.110. The van der Waals surface area contributed by atoms with E-state index in [4.69, 9.17) is 4.74 Å². The van der Waals surface area contributed by atoms with Gasteiger partial charge in [-0.15, -0.1) is 0 Å². The Morgan fingerprint density at radius 2 is 1.64 bits per heavy atom. The molecule has 1 saturated heterocycles. The molecular formula is C10H20O. The van der Waals surface area contributed by atoms with Crippen LogP contribution < -0.4 is 0 Å². The van der Waals surface area contributed by atoms with Gasteiger partial charge < -0.3 is 4.74 Å². The largest absolute Gasteiger partial charge is 0.369 e. The molecule has 0 unspecified atom stereocenters. The lowest BCUT2D eigenvalue weighted by atomic mass is 9.89. The Labute approximate surface area is 70.1 Å². The normalized spacial score (nSPS) is 36.5. The van der Waals surface area contributed by atoms with Crippen LogP contribution >= 0.6 is 0 Å². The predicted molar refractivity (Wildman–Crippen MR) is 47.6 cm³/mol. The molecule has 0 aromatic carbocycles. The quantitative estimate of drug-likeness (QED) is 0.567. The zero-order chi connectivity index (χ0) is 8.70. The molecule has 0 aliphatic carbocycles. The summed E-state index contributed by atoms with van der Waals surface area (Å²) in [6.07, 6.45) is 2.40. The molecule has 0 aromatic heterocycles. The fraction of sp³-hybridized carbons (Fsp3) is 1.00. The first kappa shape index (κ1) is 9.05. The van der Waals surface area contributed by atoms with E-state index in [2.05, 4.69) is 34.6 Å². The van der Waals surface area contributed by atoms with E-state index in [-0.39, 0.29) is 11.2 Å². The molecule has 0 amide bonds. The Kier molecular flexibility index (Phi) is 2.04. The van der Waals surface area contributed by atoms with Crippen LogP contribution in [0.3, 0.4) is 0 Å². The fourth-order valence-electron chi connectivity index (χ4n) is 1.69. The van der Waals surface area contributed by atoms with Crippen molar-refractivity contribution < 1.29 is 4.74 Å². The number of ether oxygens (including phenoxy) is 1. The molecule has 1 atom stereocenters. The molecule has 1 fully saturated rings. The summed E-state index contributed by atoms with van der Waals surface area (Å²) in [7, 11) is 0. The number of hydrogen-bond acceptors (Lipinski definition) is 1. The molecule has 1 nitrogen and oxygen atoms in total. The van der Waals surface area contributed by atoms with Crippen molar-refractivity contribution in [1.29, 1.82) is 0 Å². The Balaban J connectivity index is 2.65. The summed E-state index contributed by atoms with van der Waals surface area (Å²) < 4.78 is 6.00. The average Bonchev–Trinajstić information content (AvgIpc) is 2.08. The monoisotopic (exact) mass is 156 g/mol. The van der Waals surface area contributed by atoms with Crippen molar-refractivity contribution in [3.8, 4) is 0 Å². The minimum Gasteiger partial charge on any atom is -0.369 e. The van der Waals surface area contributed by atoms with Crippen LogP contribution in [-0.4, -0.2) is 11.2 Å². The van der Waals surface area contributed by atoms with Crippen LogP contribution in [0, 0.1) is 5.92 Å². The smallest absolute Gasteiger partial charge is 0.0685 e. The molecule has 0 spiro atoms. The van der Waals surface area contributed by atoms with Crippen LogP contribution in [0.5, 0.6) is 0 Å². The highest BCUT2D eigenvalue weighted by molar-refractivity contribution is 4.91. The van der Waals surface area contributed by atoms with E-state index < -0.39 is 0 Å². The van der Waals surface area contributed by atoms with Crippen LogP contribution in [0.1, 0.15) is 47.5 Å². The highest BCUT2D eigenvalue weighted by atomic mass is 16.5. The van der Waals surface area contributed by atoms with Gasteiger partial charge in [0.15, 0.2) is 0 Å². The summed E-state index contributed by atoms with van der Waals surface area (Å²) in [5, 5.41) is 0. The van der Waals surface area contributed by atoms with Crippen LogP contribution in [0.2, 0.25) is 0 Å². The Morgan fingerprint density at radius 1 is 1.09 bits per heavy atom. The lowest BCUT2D eigenvalue weighted by Crippen LogP contribution is -2.33. The summed E-state index contributed by atoms with van der Waals surface area (Å²) in [6, 6.07) is 0. The zero-order valence-corrected chi connectivity index (χ0v) is 8.40. The third kappa shape index (κ3) is 1.76. The van der Waals surface area contributed by atoms with Crippen molar-refractivity contribution in [3.63, 3.8) is 0 Å². The van der Waals surface area contributed by atoms with Crippen LogP contribution in [0.15, 0.2) is 0 Å². The molecule has 0 radical (unpaired) electrons. The van der Waals surface area contributed by atoms with Crippen LogP contribution in [0.25, 0.3) is 0 Å². The summed E-state index contributed by atoms with van der Waals surface area (Å²) >= 11 is 0. The number of rotatable bonds is 1. The molecule has 0 N–H and O–H groups in total. The summed E-state index contributed by atoms with van der Waals surface area (Å²) in [6.45, 7) is 11.1. The molecule has 1 aliphatic heterocycles. The Bertz CT molecular complexity index is 149. The Hall–Kier alpha value is -0.0400. The molecule has 0 bridgehead atoms. The van der Waals surface area contributed by atoms with Crippen molar-refractivity contribution in [1.82, 2.24) is 0 Å². The van der Waals surface area contributed by atoms with E-state index in [9.17, 15) is 0 Å². The third-order valence-electron chi connectivity index (χ3n) is 2.95. The third-order valence-corrected chi connectivity index (χ3v) is 2.95. The van der Waals surface area contributed by atoms with Gasteiger partial charge in [0.2, 0.25) is 0 Å². The first-order valence-corrected chi connectivity index (χ1v) is 4.56. The van der Waals surface area contributed by atoms with E-state index in [0.29, 0.717) is 5.92 Å². The fourth-order valence-corrected chi connectivity index (χ4v) is 1.69. The molecule has 1 aliphatic rings. The van der Waals surface area contributed by atoms with Crippen molar-refractivity contribution in [2.75, 3.05) is 0 Å². The highest BCUT2D eigenvalue weighted by Crippen LogP contribution is 2.41. The second-order valence-corrected chi connectivity index (χ2v) is 4.83. The zero-order valence-electron chi connectivity index (χ0n) is 8.40. The van der Waals surface area contributed by atoms with Gasteiger partial charge >= 0.3 is 0 Å². The SMILES string of the molecule is CC(C)[C@@]1(C)CCC(C)(C)O1. The van der Waals surface area contributed by atoms with Gasteiger partial charge in [-0.2, -0.15) is 0 Å². The van der Waals surface area contributed by atoms with E-state index >= 15 is 0 Å². The molecule has 0 saturated carbocycles. The highest BCUT2D eigenvalue weighted by Gasteiger charge is 2.42. The van der Waals surface area contributed by atoms with Gasteiger partial charge in [0, 0.05) is 0 Å². The maximum atomic E-state index is 6.00. The van der Waals surface area contributed by atoms with E-state index in [1.807, 2.05) is 0 Å². The van der Waals surface area contributed by atoms with E-state index in [1.165, 1.54) is 12.8 Å². The minimum atomic E-state index is 0.110. The first-order valence-electron chi connectivity index (χ1n) is 4.56. The maximum Gasteiger partial charge on any atom is 0.0685 e. The molecule has 1 heterocycles. The van der Waals surface area contributed by atoms with Gasteiger partial charge in [0.25, 0.3) is 0 Å². The summed E-state index contributed by atoms with van der Waals surface area (Å²) in [5.41, 5.74) is 0.239. The van der Waals surface area contributed by atoms with Crippen LogP contribution in [-0.2, 0) is 4.74 Å². The van der Waals surface area contributed by atoms with Crippen molar-refractivity contribution in [2.24, 2.45) is 5.92 Å². The molecule has 66 valence electrons. The molecule has 11 heavy (non-hydrogen) atoms. The van der Waals surface area contributed by atoms with Gasteiger partial charge in [-0.1, -0.05) is 13.8 Å². The van der Waals surface area contributed by atoms with E-state index in [1.54, 1.807) is 0 Å². The second kappa shape index (κ2) is 2.48. The second-order valence-electron chi connectivity index (χ2n) is 4.83. The van der Waals surface area contributed by atoms with Crippen molar-refractivity contribution in [2.45, 2.75) is 58.7 Å². The number of hydrogen-bond donors (Lipinski definition) is 0. The van der Waals surface area contributed by atoms with E-state index in [0.717, 1.165) is 0 Å². The standard InChI is InChI=1S/C10H20O/c1-8(2)10(5)7-6-9(3,4)11-10/h8H,6-7H2,1-5H3/t10-/m1/s1. The lowest BCUT2D eigenvalue weighted by Gasteiger charge is -2.31. The van der Waals surface area contributed by atoms with Crippen molar-refractivity contribution in [3.05, 3.63) is 0 Å². The molecule has 1 heteroatoms. The predicted octanol–water partition coefficient (Wildman–Crippen LogP) is 2.99. The van der Waals surface area contributed by atoms with Gasteiger partial charge in [0.05, 0.1) is 11.2 Å². The van der Waals surface area contributed by atoms with Gasteiger partial charge in [0.1, 0.15) is 0 Å². The topological polar surface area (TPSA) is 9.23 Å². The molecule has 0 aromatic rings. The maximum absolute atomic E-state index is 6.00. The lowest BCUT2D eigenvalue weighted by molar-refractivity contribution is -0.0987. The van der Waals surface area contributed by atoms with Gasteiger partial charge in [-0.25, -0.2) is 0 Å². The van der Waals surface area contributed by atoms with Gasteiger partial charge in [-0.05, 0) is 39.5 Å². The Morgan fingerprint density at radius 3 is 1.82 bits per heavy atom. The first-order chi connectivity index (χ1) is 4.86. The summed E-state index contributed by atoms with van der Waals surface area (Å²) in [4.78, 5) is 0.